The highest BCUT2D eigenvalue weighted by molar-refractivity contribution is 7.98. The highest BCUT2D eigenvalue weighted by Crippen LogP contribution is 2.28. The fraction of sp³-hybridized carbons (Fsp3) is 0.0769. The van der Waals surface area contributed by atoms with E-state index in [-0.39, 0.29) is 11.3 Å². The molecule has 0 fully saturated rings. The van der Waals surface area contributed by atoms with Gasteiger partial charge in [0.2, 0.25) is 0 Å². The van der Waals surface area contributed by atoms with Crippen molar-refractivity contribution < 1.29 is 8.78 Å². The van der Waals surface area contributed by atoms with Gasteiger partial charge in [-0.1, -0.05) is 11.8 Å². The van der Waals surface area contributed by atoms with E-state index in [1.54, 1.807) is 0 Å². The molecule has 7 heteroatoms. The summed E-state index contributed by atoms with van der Waals surface area (Å²) < 4.78 is 26.6. The summed E-state index contributed by atoms with van der Waals surface area (Å²) in [4.78, 5) is 9.29. The molecule has 2 aromatic heterocycles. The molecule has 0 aliphatic rings. The number of nitrogens with two attached hydrogens (primary N) is 1. The topological polar surface area (TPSA) is 51.8 Å². The van der Waals surface area contributed by atoms with Gasteiger partial charge in [0.25, 0.3) is 0 Å². The number of nitrogen functional groups attached to an aromatic ring is 1. The van der Waals surface area contributed by atoms with Crippen LogP contribution in [-0.2, 0) is 5.75 Å². The number of halogens is 2. The molecule has 1 aromatic carbocycles. The molecule has 0 spiro atoms. The smallest absolute Gasteiger partial charge is 0.191 e. The van der Waals surface area contributed by atoms with Crippen molar-refractivity contribution in [2.45, 2.75) is 10.9 Å². The van der Waals surface area contributed by atoms with Crippen molar-refractivity contribution >= 4 is 39.1 Å². The first-order chi connectivity index (χ1) is 9.63. The Morgan fingerprint density at radius 1 is 1.20 bits per heavy atom. The van der Waals surface area contributed by atoms with E-state index in [0.29, 0.717) is 11.0 Å². The van der Waals surface area contributed by atoms with Crippen LogP contribution in [-0.4, -0.2) is 9.97 Å². The fourth-order valence-corrected chi connectivity index (χ4v) is 3.37. The van der Waals surface area contributed by atoms with Crippen molar-refractivity contribution in [2.24, 2.45) is 0 Å². The minimum absolute atomic E-state index is 0.250. The minimum atomic E-state index is -0.462. The van der Waals surface area contributed by atoms with Gasteiger partial charge >= 0.3 is 0 Å². The maximum atomic E-state index is 13.5. The second-order valence-electron chi connectivity index (χ2n) is 4.06. The Bertz CT molecular complexity index is 773. The molecule has 0 atom stereocenters. The number of hydrogen-bond donors (Lipinski definition) is 1. The molecular weight excluding hydrogens is 300 g/mol. The van der Waals surface area contributed by atoms with Crippen molar-refractivity contribution in [2.75, 3.05) is 5.73 Å². The lowest BCUT2D eigenvalue weighted by atomic mass is 10.2. The van der Waals surface area contributed by atoms with Crippen LogP contribution < -0.4 is 5.73 Å². The molecule has 20 heavy (non-hydrogen) atoms. The Kier molecular flexibility index (Phi) is 3.54. The number of hydrogen-bond acceptors (Lipinski definition) is 5. The van der Waals surface area contributed by atoms with Crippen molar-refractivity contribution in [3.63, 3.8) is 0 Å². The first kappa shape index (κ1) is 13.3. The molecule has 0 radical (unpaired) electrons. The van der Waals surface area contributed by atoms with Gasteiger partial charge in [-0.05, 0) is 29.6 Å². The van der Waals surface area contributed by atoms with Crippen LogP contribution >= 0.6 is 23.1 Å². The molecule has 0 unspecified atom stereocenters. The van der Waals surface area contributed by atoms with Gasteiger partial charge in [0.15, 0.2) is 5.16 Å². The summed E-state index contributed by atoms with van der Waals surface area (Å²) in [5, 5.41) is 3.16. The second-order valence-corrected chi connectivity index (χ2v) is 5.89. The summed E-state index contributed by atoms with van der Waals surface area (Å²) in [7, 11) is 0. The number of nitrogens with zero attached hydrogens (tertiary/aromatic N) is 2. The third-order valence-electron chi connectivity index (χ3n) is 2.70. The molecule has 0 aliphatic carbocycles. The zero-order valence-corrected chi connectivity index (χ0v) is 11.8. The molecule has 0 saturated heterocycles. The number of thiophene rings is 1. The van der Waals surface area contributed by atoms with Crippen LogP contribution in [0.4, 0.5) is 14.6 Å². The van der Waals surface area contributed by atoms with E-state index in [2.05, 4.69) is 9.97 Å². The molecule has 0 amide bonds. The monoisotopic (exact) mass is 309 g/mol. The summed E-state index contributed by atoms with van der Waals surface area (Å²) in [6, 6.07) is 5.24. The van der Waals surface area contributed by atoms with Gasteiger partial charge < -0.3 is 5.73 Å². The minimum Gasteiger partial charge on any atom is -0.383 e. The van der Waals surface area contributed by atoms with Gasteiger partial charge in [0.1, 0.15) is 22.3 Å². The third kappa shape index (κ3) is 2.59. The molecule has 3 rings (SSSR count). The molecule has 3 nitrogen and oxygen atoms in total. The van der Waals surface area contributed by atoms with Gasteiger partial charge in [0.05, 0.1) is 5.39 Å². The van der Waals surface area contributed by atoms with Gasteiger partial charge in [0, 0.05) is 11.3 Å². The van der Waals surface area contributed by atoms with Crippen LogP contribution in [0.1, 0.15) is 5.56 Å². The molecular formula is C13H9F2N3S2. The van der Waals surface area contributed by atoms with Crippen LogP contribution in [0.2, 0.25) is 0 Å². The van der Waals surface area contributed by atoms with Crippen molar-refractivity contribution in [1.29, 1.82) is 0 Å². The number of rotatable bonds is 3. The van der Waals surface area contributed by atoms with E-state index in [4.69, 9.17) is 5.73 Å². The second kappa shape index (κ2) is 5.34. The SMILES string of the molecule is Nc1nc(SCc2cc(F)ccc2F)nc2sccc12. The first-order valence-corrected chi connectivity index (χ1v) is 7.57. The summed E-state index contributed by atoms with van der Waals surface area (Å²) in [5.74, 6) is -0.251. The summed E-state index contributed by atoms with van der Waals surface area (Å²) in [5.41, 5.74) is 6.11. The summed E-state index contributed by atoms with van der Waals surface area (Å²) in [6.07, 6.45) is 0. The van der Waals surface area contributed by atoms with Crippen molar-refractivity contribution in [1.82, 2.24) is 9.97 Å². The lowest BCUT2D eigenvalue weighted by molar-refractivity contribution is 0.591. The fourth-order valence-electron chi connectivity index (χ4n) is 1.72. The lowest BCUT2D eigenvalue weighted by Crippen LogP contribution is -1.96. The maximum Gasteiger partial charge on any atom is 0.191 e. The molecule has 2 N–H and O–H groups in total. The van der Waals surface area contributed by atoms with E-state index in [9.17, 15) is 8.78 Å². The van der Waals surface area contributed by atoms with Gasteiger partial charge in [-0.2, -0.15) is 0 Å². The van der Waals surface area contributed by atoms with Crippen LogP contribution in [0.5, 0.6) is 0 Å². The molecule has 0 aliphatic heterocycles. The van der Waals surface area contributed by atoms with E-state index < -0.39 is 11.6 Å². The van der Waals surface area contributed by atoms with Gasteiger partial charge in [-0.15, -0.1) is 11.3 Å². The quantitative estimate of drug-likeness (QED) is 0.590. The maximum absolute atomic E-state index is 13.5. The standard InChI is InChI=1S/C13H9F2N3S2/c14-8-1-2-10(15)7(5-8)6-20-13-17-11(16)9-3-4-19-12(9)18-13/h1-5H,6H2,(H2,16,17,18). The lowest BCUT2D eigenvalue weighted by Gasteiger charge is -2.04. The predicted octanol–water partition coefficient (Wildman–Crippen LogP) is 3.84. The molecule has 0 saturated carbocycles. The Labute approximate surface area is 121 Å². The van der Waals surface area contributed by atoms with Crippen molar-refractivity contribution in [3.05, 3.63) is 46.8 Å². The number of anilines is 1. The van der Waals surface area contributed by atoms with Crippen LogP contribution in [0.3, 0.4) is 0 Å². The first-order valence-electron chi connectivity index (χ1n) is 5.71. The Balaban J connectivity index is 1.84. The molecule has 3 aromatic rings. The average molecular weight is 309 g/mol. The van der Waals surface area contributed by atoms with E-state index in [1.807, 2.05) is 11.4 Å². The van der Waals surface area contributed by atoms with E-state index in [1.165, 1.54) is 29.2 Å². The van der Waals surface area contributed by atoms with Crippen LogP contribution in [0.15, 0.2) is 34.8 Å². The number of benzene rings is 1. The van der Waals surface area contributed by atoms with E-state index >= 15 is 0 Å². The number of thioether (sulfide) groups is 1. The third-order valence-corrected chi connectivity index (χ3v) is 4.40. The van der Waals surface area contributed by atoms with Crippen molar-refractivity contribution in [3.8, 4) is 0 Å². The van der Waals surface area contributed by atoms with Crippen LogP contribution in [0.25, 0.3) is 10.2 Å². The normalized spacial score (nSPS) is 11.1. The molecule has 102 valence electrons. The molecule has 0 bridgehead atoms. The number of fused-ring (bicyclic) bond motifs is 1. The zero-order chi connectivity index (χ0) is 14.1. The summed E-state index contributed by atoms with van der Waals surface area (Å²) in [6.45, 7) is 0. The zero-order valence-electron chi connectivity index (χ0n) is 10.1. The summed E-state index contributed by atoms with van der Waals surface area (Å²) >= 11 is 2.69. The Morgan fingerprint density at radius 2 is 2.05 bits per heavy atom. The highest BCUT2D eigenvalue weighted by Gasteiger charge is 2.09. The largest absolute Gasteiger partial charge is 0.383 e. The van der Waals surface area contributed by atoms with Gasteiger partial charge in [-0.25, -0.2) is 18.7 Å². The Morgan fingerprint density at radius 3 is 2.90 bits per heavy atom. The predicted molar refractivity (Wildman–Crippen MR) is 77.7 cm³/mol. The highest BCUT2D eigenvalue weighted by atomic mass is 32.2. The average Bonchev–Trinajstić information content (AvgIpc) is 2.89. The number of aromatic nitrogens is 2. The van der Waals surface area contributed by atoms with Crippen LogP contribution in [0, 0.1) is 11.6 Å². The van der Waals surface area contributed by atoms with E-state index in [0.717, 1.165) is 22.3 Å². The Hall–Kier alpha value is -1.73. The van der Waals surface area contributed by atoms with Gasteiger partial charge in [-0.3, -0.25) is 0 Å². The molecule has 2 heterocycles.